The molecule has 5 nitrogen and oxygen atoms in total. The van der Waals surface area contributed by atoms with Gasteiger partial charge in [-0.25, -0.2) is 4.39 Å². The third-order valence-electron chi connectivity index (χ3n) is 2.79. The zero-order valence-electron chi connectivity index (χ0n) is 10.9. The third kappa shape index (κ3) is 3.63. The van der Waals surface area contributed by atoms with Crippen molar-refractivity contribution in [2.45, 2.75) is 6.92 Å². The molecule has 2 rings (SSSR count). The zero-order chi connectivity index (χ0) is 15.6. The second-order valence-corrected chi connectivity index (χ2v) is 5.23. The maximum Gasteiger partial charge on any atom is 0.273 e. The number of anilines is 1. The number of nitrogens with one attached hydrogen (secondary N) is 1. The number of aryl methyl sites for hydroxylation is 1. The Morgan fingerprint density at radius 3 is 2.62 bits per heavy atom. The Bertz CT molecular complexity index is 734. The minimum absolute atomic E-state index is 0.113. The van der Waals surface area contributed by atoms with E-state index in [0.717, 1.165) is 28.2 Å². The lowest BCUT2D eigenvalue weighted by Gasteiger charge is -2.07. The van der Waals surface area contributed by atoms with Gasteiger partial charge in [-0.1, -0.05) is 22.0 Å². The Morgan fingerprint density at radius 2 is 2.00 bits per heavy atom. The van der Waals surface area contributed by atoms with E-state index >= 15 is 0 Å². The smallest absolute Gasteiger partial charge is 0.273 e. The molecule has 2 aromatic rings. The fourth-order valence-electron chi connectivity index (χ4n) is 1.68. The second kappa shape index (κ2) is 6.01. The molecule has 0 bridgehead atoms. The van der Waals surface area contributed by atoms with Crippen LogP contribution in [0.5, 0.6) is 0 Å². The minimum Gasteiger partial charge on any atom is -0.322 e. The van der Waals surface area contributed by atoms with Crippen LogP contribution in [0.1, 0.15) is 15.9 Å². The van der Waals surface area contributed by atoms with Gasteiger partial charge in [-0.3, -0.25) is 14.9 Å². The first kappa shape index (κ1) is 15.1. The van der Waals surface area contributed by atoms with Crippen molar-refractivity contribution in [1.29, 1.82) is 0 Å². The van der Waals surface area contributed by atoms with Gasteiger partial charge in [0.1, 0.15) is 5.82 Å². The van der Waals surface area contributed by atoms with Gasteiger partial charge in [0.25, 0.3) is 11.6 Å². The molecule has 0 spiro atoms. The van der Waals surface area contributed by atoms with Gasteiger partial charge in [0.15, 0.2) is 0 Å². The highest BCUT2D eigenvalue weighted by atomic mass is 79.9. The number of carbonyl (C=O) groups excluding carboxylic acids is 1. The van der Waals surface area contributed by atoms with E-state index in [2.05, 4.69) is 21.2 Å². The van der Waals surface area contributed by atoms with E-state index in [1.54, 1.807) is 18.2 Å². The summed E-state index contributed by atoms with van der Waals surface area (Å²) >= 11 is 3.33. The first-order chi connectivity index (χ1) is 9.86. The number of benzene rings is 2. The fraction of sp³-hybridized carbons (Fsp3) is 0.0714. The molecule has 0 unspecified atom stereocenters. The minimum atomic E-state index is -0.834. The van der Waals surface area contributed by atoms with Crippen molar-refractivity contribution in [3.63, 3.8) is 0 Å². The fourth-order valence-corrected chi connectivity index (χ4v) is 2.06. The van der Waals surface area contributed by atoms with E-state index in [-0.39, 0.29) is 5.56 Å². The molecule has 0 heterocycles. The van der Waals surface area contributed by atoms with Crippen molar-refractivity contribution in [3.05, 3.63) is 67.9 Å². The first-order valence-electron chi connectivity index (χ1n) is 5.89. The van der Waals surface area contributed by atoms with Crippen LogP contribution in [0.15, 0.2) is 40.9 Å². The van der Waals surface area contributed by atoms with Crippen molar-refractivity contribution >= 4 is 33.2 Å². The SMILES string of the molecule is Cc1ccc(NC(=O)c2cc(F)cc([N+](=O)[O-])c2)cc1Br. The summed E-state index contributed by atoms with van der Waals surface area (Å²) in [6, 6.07) is 7.92. The van der Waals surface area contributed by atoms with Crippen molar-refractivity contribution in [1.82, 2.24) is 0 Å². The van der Waals surface area contributed by atoms with Crippen LogP contribution in [-0.4, -0.2) is 10.8 Å². The molecule has 0 atom stereocenters. The highest BCUT2D eigenvalue weighted by Gasteiger charge is 2.15. The number of halogens is 2. The number of hydrogen-bond acceptors (Lipinski definition) is 3. The average molecular weight is 353 g/mol. The largest absolute Gasteiger partial charge is 0.322 e. The number of nitrogens with zero attached hydrogens (tertiary/aromatic N) is 1. The van der Waals surface area contributed by atoms with Crippen LogP contribution in [0.3, 0.4) is 0 Å². The Kier molecular flexibility index (Phi) is 4.32. The molecule has 21 heavy (non-hydrogen) atoms. The lowest BCUT2D eigenvalue weighted by molar-refractivity contribution is -0.385. The molecule has 0 aliphatic heterocycles. The Hall–Kier alpha value is -2.28. The van der Waals surface area contributed by atoms with Crippen LogP contribution >= 0.6 is 15.9 Å². The zero-order valence-corrected chi connectivity index (χ0v) is 12.5. The summed E-state index contributed by atoms with van der Waals surface area (Å²) in [6.45, 7) is 1.89. The van der Waals surface area contributed by atoms with Gasteiger partial charge in [-0.05, 0) is 30.7 Å². The van der Waals surface area contributed by atoms with E-state index in [4.69, 9.17) is 0 Å². The van der Waals surface area contributed by atoms with Gasteiger partial charge in [0, 0.05) is 21.8 Å². The molecule has 1 N–H and O–H groups in total. The molecule has 0 radical (unpaired) electrons. The van der Waals surface area contributed by atoms with Crippen LogP contribution in [-0.2, 0) is 0 Å². The Labute approximate surface area is 128 Å². The molecule has 0 saturated heterocycles. The number of rotatable bonds is 3. The number of nitro benzene ring substituents is 1. The van der Waals surface area contributed by atoms with E-state index in [1.165, 1.54) is 0 Å². The Morgan fingerprint density at radius 1 is 1.29 bits per heavy atom. The lowest BCUT2D eigenvalue weighted by Crippen LogP contribution is -2.12. The monoisotopic (exact) mass is 352 g/mol. The van der Waals surface area contributed by atoms with Crippen LogP contribution in [0.4, 0.5) is 15.8 Å². The number of hydrogen-bond donors (Lipinski definition) is 1. The summed E-state index contributed by atoms with van der Waals surface area (Å²) in [5.74, 6) is -1.45. The number of carbonyl (C=O) groups is 1. The van der Waals surface area contributed by atoms with Crippen molar-refractivity contribution in [2.24, 2.45) is 0 Å². The van der Waals surface area contributed by atoms with Gasteiger partial charge in [-0.2, -0.15) is 0 Å². The van der Waals surface area contributed by atoms with Crippen molar-refractivity contribution in [2.75, 3.05) is 5.32 Å². The summed E-state index contributed by atoms with van der Waals surface area (Å²) in [4.78, 5) is 21.9. The molecule has 0 fully saturated rings. The molecular weight excluding hydrogens is 343 g/mol. The number of amides is 1. The van der Waals surface area contributed by atoms with E-state index in [9.17, 15) is 19.3 Å². The highest BCUT2D eigenvalue weighted by molar-refractivity contribution is 9.10. The van der Waals surface area contributed by atoms with Gasteiger partial charge in [0.05, 0.1) is 11.0 Å². The van der Waals surface area contributed by atoms with Gasteiger partial charge >= 0.3 is 0 Å². The molecule has 0 aliphatic carbocycles. The van der Waals surface area contributed by atoms with E-state index < -0.39 is 22.3 Å². The summed E-state index contributed by atoms with van der Waals surface area (Å²) < 4.78 is 14.1. The summed E-state index contributed by atoms with van der Waals surface area (Å²) in [5, 5.41) is 13.2. The Balaban J connectivity index is 2.27. The maximum absolute atomic E-state index is 13.3. The van der Waals surface area contributed by atoms with Crippen molar-refractivity contribution < 1.29 is 14.1 Å². The normalized spacial score (nSPS) is 10.2. The lowest BCUT2D eigenvalue weighted by atomic mass is 10.1. The summed E-state index contributed by atoms with van der Waals surface area (Å²) in [7, 11) is 0. The molecule has 2 aromatic carbocycles. The third-order valence-corrected chi connectivity index (χ3v) is 3.64. The predicted molar refractivity (Wildman–Crippen MR) is 79.9 cm³/mol. The van der Waals surface area contributed by atoms with Gasteiger partial charge in [-0.15, -0.1) is 0 Å². The molecule has 0 saturated carbocycles. The first-order valence-corrected chi connectivity index (χ1v) is 6.68. The number of nitro groups is 1. The van der Waals surface area contributed by atoms with E-state index in [0.29, 0.717) is 5.69 Å². The molecule has 7 heteroatoms. The highest BCUT2D eigenvalue weighted by Crippen LogP contribution is 2.22. The van der Waals surface area contributed by atoms with Crippen LogP contribution in [0.2, 0.25) is 0 Å². The van der Waals surface area contributed by atoms with Crippen molar-refractivity contribution in [3.8, 4) is 0 Å². The second-order valence-electron chi connectivity index (χ2n) is 4.37. The standard InChI is InChI=1S/C14H10BrFN2O3/c1-8-2-3-11(7-13(8)15)17-14(19)9-4-10(16)6-12(5-9)18(20)21/h2-7H,1H3,(H,17,19). The van der Waals surface area contributed by atoms with Gasteiger partial charge in [0.2, 0.25) is 0 Å². The van der Waals surface area contributed by atoms with Crippen LogP contribution in [0, 0.1) is 22.9 Å². The average Bonchev–Trinajstić information content (AvgIpc) is 2.42. The predicted octanol–water partition coefficient (Wildman–Crippen LogP) is 4.06. The molecule has 108 valence electrons. The number of non-ortho nitro benzene ring substituents is 1. The molecule has 0 aromatic heterocycles. The topological polar surface area (TPSA) is 72.2 Å². The summed E-state index contributed by atoms with van der Waals surface area (Å²) in [6.07, 6.45) is 0. The van der Waals surface area contributed by atoms with Crippen LogP contribution < -0.4 is 5.32 Å². The van der Waals surface area contributed by atoms with Gasteiger partial charge < -0.3 is 5.32 Å². The molecular formula is C14H10BrFN2O3. The maximum atomic E-state index is 13.3. The van der Waals surface area contributed by atoms with Crippen LogP contribution in [0.25, 0.3) is 0 Å². The summed E-state index contributed by atoms with van der Waals surface area (Å²) in [5.41, 5.74) is 0.919. The molecule has 0 aliphatic rings. The molecule has 1 amide bonds. The quantitative estimate of drug-likeness (QED) is 0.668. The van der Waals surface area contributed by atoms with E-state index in [1.807, 2.05) is 6.92 Å².